The maximum atomic E-state index is 12.9. The molecule has 0 aliphatic heterocycles. The molecule has 0 saturated carbocycles. The van der Waals surface area contributed by atoms with Crippen molar-refractivity contribution < 1.29 is 4.52 Å². The molecule has 0 radical (unpaired) electrons. The van der Waals surface area contributed by atoms with E-state index in [0.717, 1.165) is 5.56 Å². The maximum Gasteiger partial charge on any atom is 0.262 e. The second-order valence-electron chi connectivity index (χ2n) is 6.32. The molecule has 146 valence electrons. The van der Waals surface area contributed by atoms with Crippen molar-refractivity contribution in [3.8, 4) is 0 Å². The Balaban J connectivity index is 1.56. The largest absolute Gasteiger partial charge is 0.338 e. The van der Waals surface area contributed by atoms with Gasteiger partial charge in [0.15, 0.2) is 11.0 Å². The van der Waals surface area contributed by atoms with Crippen LogP contribution >= 0.6 is 23.4 Å². The first-order chi connectivity index (χ1) is 14.1. The highest BCUT2D eigenvalue weighted by molar-refractivity contribution is 7.98. The van der Waals surface area contributed by atoms with Crippen molar-refractivity contribution in [2.24, 2.45) is 0 Å². The van der Waals surface area contributed by atoms with Crippen LogP contribution in [0.5, 0.6) is 0 Å². The van der Waals surface area contributed by atoms with Gasteiger partial charge in [0, 0.05) is 18.0 Å². The Hall–Kier alpha value is -2.90. The quantitative estimate of drug-likeness (QED) is 0.247. The van der Waals surface area contributed by atoms with Crippen LogP contribution in [0.3, 0.4) is 0 Å². The van der Waals surface area contributed by atoms with E-state index in [1.54, 1.807) is 28.8 Å². The summed E-state index contributed by atoms with van der Waals surface area (Å²) >= 11 is 7.40. The van der Waals surface area contributed by atoms with Crippen LogP contribution in [0, 0.1) is 0 Å². The Morgan fingerprint density at radius 1 is 1.17 bits per heavy atom. The molecule has 0 saturated heterocycles. The van der Waals surface area contributed by atoms with Gasteiger partial charge in [-0.2, -0.15) is 4.98 Å². The lowest BCUT2D eigenvalue weighted by Crippen LogP contribution is -2.22. The molecule has 0 N–H and O–H groups in total. The highest BCUT2D eigenvalue weighted by Crippen LogP contribution is 2.23. The number of halogens is 1. The van der Waals surface area contributed by atoms with Gasteiger partial charge in [0.2, 0.25) is 5.89 Å². The fraction of sp³-hybridized carbons (Fsp3) is 0.143. The number of fused-ring (bicyclic) bond motifs is 1. The lowest BCUT2D eigenvalue weighted by Gasteiger charge is -2.10. The summed E-state index contributed by atoms with van der Waals surface area (Å²) < 4.78 is 6.92. The summed E-state index contributed by atoms with van der Waals surface area (Å²) in [7, 11) is 0. The number of hydrogen-bond donors (Lipinski definition) is 0. The first kappa shape index (κ1) is 19.4. The van der Waals surface area contributed by atoms with Crippen molar-refractivity contribution in [2.45, 2.75) is 23.9 Å². The van der Waals surface area contributed by atoms with E-state index in [0.29, 0.717) is 51.5 Å². The van der Waals surface area contributed by atoms with E-state index in [1.165, 1.54) is 11.8 Å². The molecule has 2 aromatic carbocycles. The number of allylic oxidation sites excluding steroid dienone is 1. The van der Waals surface area contributed by atoms with E-state index >= 15 is 0 Å². The normalized spacial score (nSPS) is 11.1. The van der Waals surface area contributed by atoms with Crippen molar-refractivity contribution in [3.05, 3.63) is 93.8 Å². The predicted molar refractivity (Wildman–Crippen MR) is 114 cm³/mol. The molecule has 0 amide bonds. The SMILES string of the molecule is C=CCn1c(SCc2nc(Cc3ccccc3)no2)nc2ccc(Cl)cc2c1=O. The monoisotopic (exact) mass is 424 g/mol. The van der Waals surface area contributed by atoms with Crippen molar-refractivity contribution in [2.75, 3.05) is 0 Å². The zero-order chi connectivity index (χ0) is 20.2. The molecule has 0 spiro atoms. The molecule has 29 heavy (non-hydrogen) atoms. The summed E-state index contributed by atoms with van der Waals surface area (Å²) in [5.74, 6) is 1.51. The molecule has 0 unspecified atom stereocenters. The van der Waals surface area contributed by atoms with E-state index in [1.807, 2.05) is 30.3 Å². The van der Waals surface area contributed by atoms with Crippen molar-refractivity contribution in [1.29, 1.82) is 0 Å². The minimum Gasteiger partial charge on any atom is -0.338 e. The van der Waals surface area contributed by atoms with E-state index in [4.69, 9.17) is 16.1 Å². The van der Waals surface area contributed by atoms with Crippen LogP contribution in [-0.2, 0) is 18.7 Å². The van der Waals surface area contributed by atoms with Crippen LogP contribution in [-0.4, -0.2) is 19.7 Å². The number of thioether (sulfide) groups is 1. The summed E-state index contributed by atoms with van der Waals surface area (Å²) in [5, 5.41) is 5.58. The Bertz CT molecular complexity index is 1220. The number of rotatable bonds is 7. The summed E-state index contributed by atoms with van der Waals surface area (Å²) in [6, 6.07) is 15.0. The average Bonchev–Trinajstić information content (AvgIpc) is 3.17. The van der Waals surface area contributed by atoms with Gasteiger partial charge in [-0.25, -0.2) is 4.98 Å². The number of nitrogens with zero attached hydrogens (tertiary/aromatic N) is 4. The third-order valence-corrected chi connectivity index (χ3v) is 5.43. The molecule has 4 rings (SSSR count). The Morgan fingerprint density at radius 2 is 2.00 bits per heavy atom. The minimum absolute atomic E-state index is 0.157. The van der Waals surface area contributed by atoms with Crippen molar-refractivity contribution >= 4 is 34.3 Å². The first-order valence-electron chi connectivity index (χ1n) is 8.93. The molecule has 6 nitrogen and oxygen atoms in total. The molecule has 0 aliphatic carbocycles. The zero-order valence-electron chi connectivity index (χ0n) is 15.4. The van der Waals surface area contributed by atoms with Gasteiger partial charge in [-0.15, -0.1) is 6.58 Å². The van der Waals surface area contributed by atoms with Gasteiger partial charge in [-0.3, -0.25) is 9.36 Å². The zero-order valence-corrected chi connectivity index (χ0v) is 17.0. The second-order valence-corrected chi connectivity index (χ2v) is 7.69. The van der Waals surface area contributed by atoms with Gasteiger partial charge in [0.25, 0.3) is 5.56 Å². The Morgan fingerprint density at radius 3 is 2.79 bits per heavy atom. The van der Waals surface area contributed by atoms with Gasteiger partial charge in [-0.05, 0) is 23.8 Å². The van der Waals surface area contributed by atoms with Gasteiger partial charge in [0.05, 0.1) is 16.7 Å². The first-order valence-corrected chi connectivity index (χ1v) is 10.3. The fourth-order valence-electron chi connectivity index (χ4n) is 2.90. The van der Waals surface area contributed by atoms with Crippen molar-refractivity contribution in [1.82, 2.24) is 19.7 Å². The smallest absolute Gasteiger partial charge is 0.262 e. The van der Waals surface area contributed by atoms with Crippen LogP contribution < -0.4 is 5.56 Å². The Kier molecular flexibility index (Phi) is 5.78. The third-order valence-electron chi connectivity index (χ3n) is 4.23. The second kappa shape index (κ2) is 8.63. The molecule has 0 fully saturated rings. The molecule has 2 heterocycles. The molecule has 2 aromatic heterocycles. The average molecular weight is 425 g/mol. The van der Waals surface area contributed by atoms with Crippen LogP contribution in [0.15, 0.2) is 75.7 Å². The lowest BCUT2D eigenvalue weighted by atomic mass is 10.1. The Labute approximate surface area is 176 Å². The van der Waals surface area contributed by atoms with E-state index in [9.17, 15) is 4.79 Å². The third kappa shape index (κ3) is 4.41. The van der Waals surface area contributed by atoms with Gasteiger partial charge in [-0.1, -0.05) is 64.9 Å². The highest BCUT2D eigenvalue weighted by Gasteiger charge is 2.14. The number of benzene rings is 2. The predicted octanol–water partition coefficient (Wildman–Crippen LogP) is 4.50. The van der Waals surface area contributed by atoms with Gasteiger partial charge >= 0.3 is 0 Å². The molecule has 8 heteroatoms. The van der Waals surface area contributed by atoms with E-state index in [2.05, 4.69) is 21.7 Å². The fourth-order valence-corrected chi connectivity index (χ4v) is 3.92. The molecule has 0 aliphatic rings. The molecule has 0 atom stereocenters. The van der Waals surface area contributed by atoms with E-state index in [-0.39, 0.29) is 5.56 Å². The van der Waals surface area contributed by atoms with Crippen LogP contribution in [0.2, 0.25) is 5.02 Å². The summed E-state index contributed by atoms with van der Waals surface area (Å²) in [5.41, 5.74) is 1.55. The standard InChI is InChI=1S/C21H17ClN4O2S/c1-2-10-26-20(27)16-12-15(22)8-9-17(16)23-21(26)29-13-19-24-18(25-28-19)11-14-6-4-3-5-7-14/h2-9,12H,1,10-11,13H2. The maximum absolute atomic E-state index is 12.9. The molecular formula is C21H17ClN4O2S. The van der Waals surface area contributed by atoms with Crippen LogP contribution in [0.1, 0.15) is 17.3 Å². The summed E-state index contributed by atoms with van der Waals surface area (Å²) in [6.07, 6.45) is 2.26. The highest BCUT2D eigenvalue weighted by atomic mass is 35.5. The minimum atomic E-state index is -0.157. The van der Waals surface area contributed by atoms with Gasteiger partial charge < -0.3 is 4.52 Å². The number of hydrogen-bond acceptors (Lipinski definition) is 6. The van der Waals surface area contributed by atoms with E-state index < -0.39 is 0 Å². The van der Waals surface area contributed by atoms with Crippen molar-refractivity contribution in [3.63, 3.8) is 0 Å². The molecule has 0 bridgehead atoms. The van der Waals surface area contributed by atoms with Gasteiger partial charge in [0.1, 0.15) is 0 Å². The summed E-state index contributed by atoms with van der Waals surface area (Å²) in [4.78, 5) is 21.9. The number of aromatic nitrogens is 4. The van der Waals surface area contributed by atoms with Crippen LogP contribution in [0.4, 0.5) is 0 Å². The topological polar surface area (TPSA) is 73.8 Å². The molecule has 4 aromatic rings. The summed E-state index contributed by atoms with van der Waals surface area (Å²) in [6.45, 7) is 4.08. The lowest BCUT2D eigenvalue weighted by molar-refractivity contribution is 0.385. The molecular weight excluding hydrogens is 408 g/mol. The van der Waals surface area contributed by atoms with Crippen LogP contribution in [0.25, 0.3) is 10.9 Å².